The largest absolute Gasteiger partial charge is 0.357 e. The molecule has 4 rings (SSSR count). The lowest BCUT2D eigenvalue weighted by molar-refractivity contribution is 0.0449. The van der Waals surface area contributed by atoms with Crippen molar-refractivity contribution in [2.45, 2.75) is 58.0 Å². The highest BCUT2D eigenvalue weighted by molar-refractivity contribution is 9.10. The molecule has 0 radical (unpaired) electrons. The predicted molar refractivity (Wildman–Crippen MR) is 102 cm³/mol. The molecule has 2 heterocycles. The fraction of sp³-hybridized carbons (Fsp3) is 0.550. The van der Waals surface area contributed by atoms with E-state index in [0.717, 1.165) is 21.1 Å². The fourth-order valence-electron chi connectivity index (χ4n) is 4.97. The van der Waals surface area contributed by atoms with E-state index < -0.39 is 0 Å². The molecule has 4 heteroatoms. The van der Waals surface area contributed by atoms with Crippen LogP contribution in [0.15, 0.2) is 33.5 Å². The van der Waals surface area contributed by atoms with Crippen LogP contribution in [-0.4, -0.2) is 11.0 Å². The van der Waals surface area contributed by atoms with Crippen LogP contribution in [-0.2, 0) is 0 Å². The van der Waals surface area contributed by atoms with Crippen molar-refractivity contribution >= 4 is 26.8 Å². The van der Waals surface area contributed by atoms with Crippen molar-refractivity contribution in [2.24, 2.45) is 11.3 Å². The van der Waals surface area contributed by atoms with Gasteiger partial charge in [0.2, 0.25) is 0 Å². The van der Waals surface area contributed by atoms with Gasteiger partial charge >= 0.3 is 0 Å². The molecule has 2 N–H and O–H groups in total. The van der Waals surface area contributed by atoms with Gasteiger partial charge in [-0.05, 0) is 48.8 Å². The molecule has 0 amide bonds. The van der Waals surface area contributed by atoms with Crippen LogP contribution in [0.2, 0.25) is 0 Å². The number of nitrogens with one attached hydrogen (secondary N) is 2. The second-order valence-corrected chi connectivity index (χ2v) is 8.97. The van der Waals surface area contributed by atoms with E-state index in [2.05, 4.69) is 40.1 Å². The zero-order chi connectivity index (χ0) is 16.9. The van der Waals surface area contributed by atoms with E-state index >= 15 is 0 Å². The Labute approximate surface area is 151 Å². The summed E-state index contributed by atoms with van der Waals surface area (Å²) in [7, 11) is 0. The summed E-state index contributed by atoms with van der Waals surface area (Å²) in [6.45, 7) is 4.76. The number of piperidine rings is 1. The molecule has 4 atom stereocenters. The van der Waals surface area contributed by atoms with E-state index in [4.69, 9.17) is 0 Å². The predicted octanol–water partition coefficient (Wildman–Crippen LogP) is 4.91. The second kappa shape index (κ2) is 5.99. The standard InChI is InChI=1S/C20H25BrN2O/c1-12-11-20(2)8-4-3-5-18(20)23-19(12)16-10-17(24)14-7-6-13(21)9-15(14)22-16/h6-7,9-10,12,18-19,23H,3-5,8,11H2,1-2H3,(H,22,24). The number of H-pyrrole nitrogens is 1. The minimum atomic E-state index is 0.109. The van der Waals surface area contributed by atoms with E-state index in [-0.39, 0.29) is 11.5 Å². The van der Waals surface area contributed by atoms with Gasteiger partial charge in [-0.25, -0.2) is 0 Å². The Bertz CT molecular complexity index is 830. The molecular weight excluding hydrogens is 364 g/mol. The number of hydrogen-bond acceptors (Lipinski definition) is 2. The summed E-state index contributed by atoms with van der Waals surface area (Å²) in [5.74, 6) is 0.518. The number of aromatic amines is 1. The average Bonchev–Trinajstić information content (AvgIpc) is 2.53. The molecule has 1 aromatic heterocycles. The number of fused-ring (bicyclic) bond motifs is 2. The maximum absolute atomic E-state index is 12.5. The Balaban J connectivity index is 1.73. The number of rotatable bonds is 1. The molecule has 0 bridgehead atoms. The summed E-state index contributed by atoms with van der Waals surface area (Å²) < 4.78 is 0.993. The van der Waals surface area contributed by atoms with Crippen LogP contribution in [0.3, 0.4) is 0 Å². The van der Waals surface area contributed by atoms with E-state index in [9.17, 15) is 4.79 Å². The first-order chi connectivity index (χ1) is 11.5. The quantitative estimate of drug-likeness (QED) is 0.728. The Morgan fingerprint density at radius 2 is 2.08 bits per heavy atom. The smallest absolute Gasteiger partial charge is 0.189 e. The first-order valence-corrected chi connectivity index (χ1v) is 9.84. The first-order valence-electron chi connectivity index (χ1n) is 9.05. The van der Waals surface area contributed by atoms with Crippen molar-refractivity contribution in [1.82, 2.24) is 10.3 Å². The number of hydrogen-bond donors (Lipinski definition) is 2. The number of halogens is 1. The molecule has 1 aliphatic carbocycles. The highest BCUT2D eigenvalue weighted by atomic mass is 79.9. The fourth-order valence-corrected chi connectivity index (χ4v) is 5.33. The summed E-state index contributed by atoms with van der Waals surface area (Å²) >= 11 is 3.50. The molecule has 2 fully saturated rings. The lowest BCUT2D eigenvalue weighted by Gasteiger charge is -2.51. The molecule has 1 aromatic carbocycles. The van der Waals surface area contributed by atoms with Gasteiger partial charge in [0.25, 0.3) is 0 Å². The van der Waals surface area contributed by atoms with E-state index in [1.807, 2.05) is 18.2 Å². The molecule has 2 aromatic rings. The third-order valence-corrected chi connectivity index (χ3v) is 6.71. The van der Waals surface area contributed by atoms with Crippen LogP contribution in [0.1, 0.15) is 57.7 Å². The maximum atomic E-state index is 12.5. The van der Waals surface area contributed by atoms with Crippen molar-refractivity contribution in [3.8, 4) is 0 Å². The van der Waals surface area contributed by atoms with Gasteiger partial charge in [-0.3, -0.25) is 4.79 Å². The number of benzene rings is 1. The van der Waals surface area contributed by atoms with E-state index in [1.54, 1.807) is 6.07 Å². The van der Waals surface area contributed by atoms with Crippen molar-refractivity contribution in [3.63, 3.8) is 0 Å². The zero-order valence-electron chi connectivity index (χ0n) is 14.4. The molecule has 1 aliphatic heterocycles. The lowest BCUT2D eigenvalue weighted by Crippen LogP contribution is -2.54. The Hall–Kier alpha value is -1.13. The molecule has 24 heavy (non-hydrogen) atoms. The highest BCUT2D eigenvalue weighted by Crippen LogP contribution is 2.48. The number of aromatic nitrogens is 1. The Kier molecular flexibility index (Phi) is 4.08. The van der Waals surface area contributed by atoms with E-state index in [0.29, 0.717) is 17.4 Å². The van der Waals surface area contributed by atoms with E-state index in [1.165, 1.54) is 32.1 Å². The molecule has 1 saturated carbocycles. The summed E-state index contributed by atoms with van der Waals surface area (Å²) in [6.07, 6.45) is 6.47. The zero-order valence-corrected chi connectivity index (χ0v) is 15.9. The van der Waals surface area contributed by atoms with Crippen LogP contribution < -0.4 is 10.7 Å². The maximum Gasteiger partial charge on any atom is 0.189 e. The average molecular weight is 389 g/mol. The van der Waals surface area contributed by atoms with Gasteiger partial charge in [0.05, 0.1) is 11.6 Å². The van der Waals surface area contributed by atoms with Gasteiger partial charge in [-0.15, -0.1) is 0 Å². The van der Waals surface area contributed by atoms with Gasteiger partial charge in [0, 0.05) is 27.7 Å². The van der Waals surface area contributed by atoms with Crippen LogP contribution in [0.25, 0.3) is 10.9 Å². The van der Waals surface area contributed by atoms with Crippen LogP contribution in [0.4, 0.5) is 0 Å². The van der Waals surface area contributed by atoms with Crippen molar-refractivity contribution in [1.29, 1.82) is 0 Å². The van der Waals surface area contributed by atoms with Crippen molar-refractivity contribution < 1.29 is 0 Å². The van der Waals surface area contributed by atoms with Gasteiger partial charge in [-0.1, -0.05) is 42.6 Å². The molecule has 1 saturated heterocycles. The van der Waals surface area contributed by atoms with Gasteiger partial charge < -0.3 is 10.3 Å². The minimum absolute atomic E-state index is 0.109. The highest BCUT2D eigenvalue weighted by Gasteiger charge is 2.44. The normalized spacial score (nSPS) is 33.4. The van der Waals surface area contributed by atoms with Gasteiger partial charge in [0.15, 0.2) is 5.43 Å². The molecule has 2 aliphatic rings. The lowest BCUT2D eigenvalue weighted by atomic mass is 9.63. The van der Waals surface area contributed by atoms with Crippen LogP contribution >= 0.6 is 15.9 Å². The summed E-state index contributed by atoms with van der Waals surface area (Å²) in [6, 6.07) is 8.41. The Morgan fingerprint density at radius 3 is 2.92 bits per heavy atom. The minimum Gasteiger partial charge on any atom is -0.357 e. The van der Waals surface area contributed by atoms with Crippen molar-refractivity contribution in [3.05, 3.63) is 44.7 Å². The molecule has 4 unspecified atom stereocenters. The Morgan fingerprint density at radius 1 is 1.25 bits per heavy atom. The molecular formula is C20H25BrN2O. The monoisotopic (exact) mass is 388 g/mol. The first kappa shape index (κ1) is 16.3. The summed E-state index contributed by atoms with van der Waals surface area (Å²) in [4.78, 5) is 16.1. The van der Waals surface area contributed by atoms with Crippen molar-refractivity contribution in [2.75, 3.05) is 0 Å². The summed E-state index contributed by atoms with van der Waals surface area (Å²) in [5.41, 5.74) is 2.47. The molecule has 128 valence electrons. The second-order valence-electron chi connectivity index (χ2n) is 8.06. The topological polar surface area (TPSA) is 44.9 Å². The molecule has 0 spiro atoms. The number of pyridine rings is 1. The summed E-state index contributed by atoms with van der Waals surface area (Å²) in [5, 5.41) is 4.64. The third-order valence-electron chi connectivity index (χ3n) is 6.22. The van der Waals surface area contributed by atoms with Crippen LogP contribution in [0.5, 0.6) is 0 Å². The van der Waals surface area contributed by atoms with Gasteiger partial charge in [0.1, 0.15) is 0 Å². The van der Waals surface area contributed by atoms with Crippen LogP contribution in [0, 0.1) is 11.3 Å². The SMILES string of the molecule is CC1CC2(C)CCCCC2NC1c1cc(=O)c2ccc(Br)cc2[nH]1. The van der Waals surface area contributed by atoms with Gasteiger partial charge in [-0.2, -0.15) is 0 Å². The molecule has 3 nitrogen and oxygen atoms in total. The third kappa shape index (κ3) is 2.74.